The Kier molecular flexibility index (Phi) is 3.73. The molecular formula is C13H13BrN2OS. The Morgan fingerprint density at radius 1 is 1.33 bits per heavy atom. The summed E-state index contributed by atoms with van der Waals surface area (Å²) < 4.78 is 0.815. The molecule has 0 radical (unpaired) electrons. The second-order valence-corrected chi connectivity index (χ2v) is 6.15. The zero-order chi connectivity index (χ0) is 13.3. The van der Waals surface area contributed by atoms with Crippen molar-refractivity contribution in [2.75, 3.05) is 11.1 Å². The first-order valence-electron chi connectivity index (χ1n) is 5.41. The fourth-order valence-electron chi connectivity index (χ4n) is 1.51. The van der Waals surface area contributed by atoms with Crippen molar-refractivity contribution in [3.63, 3.8) is 0 Å². The zero-order valence-corrected chi connectivity index (χ0v) is 12.5. The predicted octanol–water partition coefficient (Wildman–Crippen LogP) is 3.96. The summed E-state index contributed by atoms with van der Waals surface area (Å²) in [7, 11) is 0. The predicted molar refractivity (Wildman–Crippen MR) is 80.3 cm³/mol. The topological polar surface area (TPSA) is 55.1 Å². The number of nitrogens with one attached hydrogen (secondary N) is 1. The third kappa shape index (κ3) is 2.73. The van der Waals surface area contributed by atoms with E-state index in [-0.39, 0.29) is 5.91 Å². The van der Waals surface area contributed by atoms with Crippen molar-refractivity contribution in [1.29, 1.82) is 0 Å². The van der Waals surface area contributed by atoms with Crippen molar-refractivity contribution in [2.45, 2.75) is 13.8 Å². The summed E-state index contributed by atoms with van der Waals surface area (Å²) in [5, 5.41) is 2.85. The Hall–Kier alpha value is -1.33. The summed E-state index contributed by atoms with van der Waals surface area (Å²) in [6, 6.07) is 7.22. The number of carbonyl (C=O) groups excluding carboxylic acids is 1. The largest absolute Gasteiger partial charge is 0.399 e. The molecule has 1 amide bonds. The lowest BCUT2D eigenvalue weighted by molar-refractivity contribution is 0.103. The monoisotopic (exact) mass is 324 g/mol. The van der Waals surface area contributed by atoms with Crippen molar-refractivity contribution in [3.05, 3.63) is 44.1 Å². The Bertz CT molecular complexity index is 588. The van der Waals surface area contributed by atoms with Gasteiger partial charge in [0.15, 0.2) is 0 Å². The number of amides is 1. The summed E-state index contributed by atoms with van der Waals surface area (Å²) in [5.41, 5.74) is 8.14. The summed E-state index contributed by atoms with van der Waals surface area (Å²) in [6.45, 7) is 4.01. The van der Waals surface area contributed by atoms with Gasteiger partial charge >= 0.3 is 0 Å². The van der Waals surface area contributed by atoms with E-state index in [1.807, 2.05) is 26.0 Å². The molecule has 0 aliphatic heterocycles. The molecule has 3 nitrogen and oxygen atoms in total. The molecule has 2 aromatic rings. The van der Waals surface area contributed by atoms with E-state index in [0.717, 1.165) is 14.9 Å². The number of benzene rings is 1. The van der Waals surface area contributed by atoms with Gasteiger partial charge < -0.3 is 11.1 Å². The lowest BCUT2D eigenvalue weighted by atomic mass is 10.2. The fourth-order valence-corrected chi connectivity index (χ4v) is 2.78. The highest BCUT2D eigenvalue weighted by atomic mass is 79.9. The van der Waals surface area contributed by atoms with Crippen LogP contribution in [0.3, 0.4) is 0 Å². The molecular weight excluding hydrogens is 312 g/mol. The van der Waals surface area contributed by atoms with E-state index in [0.29, 0.717) is 16.3 Å². The molecule has 1 heterocycles. The maximum absolute atomic E-state index is 12.1. The minimum atomic E-state index is -0.109. The Morgan fingerprint density at radius 2 is 2.06 bits per heavy atom. The molecule has 18 heavy (non-hydrogen) atoms. The first-order chi connectivity index (χ1) is 8.47. The van der Waals surface area contributed by atoms with E-state index in [1.54, 1.807) is 12.1 Å². The third-order valence-corrected chi connectivity index (χ3v) is 4.47. The number of aryl methyl sites for hydroxylation is 2. The van der Waals surface area contributed by atoms with E-state index < -0.39 is 0 Å². The number of nitrogen functional groups attached to an aromatic ring is 1. The molecule has 0 atom stereocenters. The van der Waals surface area contributed by atoms with Crippen LogP contribution in [0.2, 0.25) is 0 Å². The van der Waals surface area contributed by atoms with Gasteiger partial charge in [0.2, 0.25) is 0 Å². The molecule has 5 heteroatoms. The molecule has 0 fully saturated rings. The molecule has 0 saturated carbocycles. The molecule has 2 rings (SSSR count). The SMILES string of the molecule is Cc1cc(C(=O)Nc2cc(N)ccc2Br)sc1C. The second kappa shape index (κ2) is 5.12. The van der Waals surface area contributed by atoms with Crippen molar-refractivity contribution < 1.29 is 4.79 Å². The lowest BCUT2D eigenvalue weighted by Gasteiger charge is -2.07. The fraction of sp³-hybridized carbons (Fsp3) is 0.154. The van der Waals surface area contributed by atoms with Crippen LogP contribution >= 0.6 is 27.3 Å². The second-order valence-electron chi connectivity index (χ2n) is 4.04. The minimum Gasteiger partial charge on any atom is -0.399 e. The van der Waals surface area contributed by atoms with Gasteiger partial charge in [-0.1, -0.05) is 0 Å². The smallest absolute Gasteiger partial charge is 0.265 e. The summed E-state index contributed by atoms with van der Waals surface area (Å²) in [4.78, 5) is 13.9. The van der Waals surface area contributed by atoms with Crippen LogP contribution in [-0.2, 0) is 0 Å². The van der Waals surface area contributed by atoms with E-state index in [9.17, 15) is 4.79 Å². The number of hydrogen-bond acceptors (Lipinski definition) is 3. The van der Waals surface area contributed by atoms with E-state index in [4.69, 9.17) is 5.73 Å². The van der Waals surface area contributed by atoms with E-state index in [2.05, 4.69) is 21.2 Å². The van der Waals surface area contributed by atoms with Gasteiger partial charge in [-0.05, 0) is 59.6 Å². The van der Waals surface area contributed by atoms with Crippen molar-refractivity contribution in [2.24, 2.45) is 0 Å². The number of anilines is 2. The summed E-state index contributed by atoms with van der Waals surface area (Å²) in [6.07, 6.45) is 0. The molecule has 0 bridgehead atoms. The molecule has 3 N–H and O–H groups in total. The van der Waals surface area contributed by atoms with Gasteiger partial charge in [-0.2, -0.15) is 0 Å². The van der Waals surface area contributed by atoms with Crippen LogP contribution in [0.1, 0.15) is 20.1 Å². The normalized spacial score (nSPS) is 10.4. The Labute approximate surface area is 118 Å². The molecule has 0 aliphatic rings. The lowest BCUT2D eigenvalue weighted by Crippen LogP contribution is -2.10. The van der Waals surface area contributed by atoms with Gasteiger partial charge in [0.05, 0.1) is 10.6 Å². The third-order valence-electron chi connectivity index (χ3n) is 2.63. The van der Waals surface area contributed by atoms with Crippen molar-refractivity contribution in [1.82, 2.24) is 0 Å². The Balaban J connectivity index is 2.23. The molecule has 0 aliphatic carbocycles. The number of rotatable bonds is 2. The average molecular weight is 325 g/mol. The maximum Gasteiger partial charge on any atom is 0.265 e. The van der Waals surface area contributed by atoms with Gasteiger partial charge in [0, 0.05) is 15.0 Å². The molecule has 0 spiro atoms. The van der Waals surface area contributed by atoms with E-state index in [1.165, 1.54) is 11.3 Å². The highest BCUT2D eigenvalue weighted by molar-refractivity contribution is 9.10. The van der Waals surface area contributed by atoms with Gasteiger partial charge in [0.25, 0.3) is 5.91 Å². The molecule has 94 valence electrons. The first-order valence-corrected chi connectivity index (χ1v) is 7.01. The number of thiophene rings is 1. The van der Waals surface area contributed by atoms with Gasteiger partial charge in [-0.15, -0.1) is 11.3 Å². The summed E-state index contributed by atoms with van der Waals surface area (Å²) in [5.74, 6) is -0.109. The number of halogens is 1. The van der Waals surface area contributed by atoms with Crippen LogP contribution in [-0.4, -0.2) is 5.91 Å². The maximum atomic E-state index is 12.1. The molecule has 1 aromatic heterocycles. The minimum absolute atomic E-state index is 0.109. The van der Waals surface area contributed by atoms with Crippen LogP contribution in [0.15, 0.2) is 28.7 Å². The van der Waals surface area contributed by atoms with Gasteiger partial charge in [-0.25, -0.2) is 0 Å². The number of nitrogens with two attached hydrogens (primary N) is 1. The van der Waals surface area contributed by atoms with Crippen LogP contribution in [0, 0.1) is 13.8 Å². The number of carbonyl (C=O) groups is 1. The van der Waals surface area contributed by atoms with Gasteiger partial charge in [-0.3, -0.25) is 4.79 Å². The quantitative estimate of drug-likeness (QED) is 0.821. The zero-order valence-electron chi connectivity index (χ0n) is 10.1. The standard InChI is InChI=1S/C13H13BrN2OS/c1-7-5-12(18-8(7)2)13(17)16-11-6-9(15)3-4-10(11)14/h3-6H,15H2,1-2H3,(H,16,17). The van der Waals surface area contributed by atoms with Crippen molar-refractivity contribution >= 4 is 44.5 Å². The van der Waals surface area contributed by atoms with Crippen molar-refractivity contribution in [3.8, 4) is 0 Å². The molecule has 0 unspecified atom stereocenters. The van der Waals surface area contributed by atoms with Crippen LogP contribution in [0.4, 0.5) is 11.4 Å². The van der Waals surface area contributed by atoms with Crippen LogP contribution in [0.25, 0.3) is 0 Å². The average Bonchev–Trinajstić information content (AvgIpc) is 2.64. The first kappa shape index (κ1) is 13.1. The molecule has 0 saturated heterocycles. The summed E-state index contributed by atoms with van der Waals surface area (Å²) >= 11 is 4.88. The highest BCUT2D eigenvalue weighted by Gasteiger charge is 2.12. The van der Waals surface area contributed by atoms with Crippen LogP contribution < -0.4 is 11.1 Å². The number of hydrogen-bond donors (Lipinski definition) is 2. The van der Waals surface area contributed by atoms with E-state index >= 15 is 0 Å². The molecule has 1 aromatic carbocycles. The van der Waals surface area contributed by atoms with Crippen LogP contribution in [0.5, 0.6) is 0 Å². The van der Waals surface area contributed by atoms with Gasteiger partial charge in [0.1, 0.15) is 0 Å². The highest BCUT2D eigenvalue weighted by Crippen LogP contribution is 2.27. The Morgan fingerprint density at radius 3 is 2.67 bits per heavy atom.